The van der Waals surface area contributed by atoms with E-state index < -0.39 is 0 Å². The number of likely N-dealkylation sites (tertiary alicyclic amines) is 3. The van der Waals surface area contributed by atoms with Crippen molar-refractivity contribution in [2.24, 2.45) is 11.8 Å². The molecule has 1 aromatic rings. The fourth-order valence-corrected chi connectivity index (χ4v) is 7.84. The van der Waals surface area contributed by atoms with Gasteiger partial charge in [0.05, 0.1) is 6.61 Å². The molecular formula is C28H45N3O. The van der Waals surface area contributed by atoms with E-state index in [0.717, 1.165) is 44.2 Å². The highest BCUT2D eigenvalue weighted by atomic mass is 16.5. The normalized spacial score (nSPS) is 33.0. The molecule has 178 valence electrons. The number of nitrogens with zero attached hydrogens (tertiary/aromatic N) is 3. The van der Waals surface area contributed by atoms with Crippen molar-refractivity contribution >= 4 is 0 Å². The Morgan fingerprint density at radius 2 is 1.69 bits per heavy atom. The minimum Gasteiger partial charge on any atom is -0.380 e. The molecule has 0 radical (unpaired) electrons. The maximum absolute atomic E-state index is 5.85. The smallest absolute Gasteiger partial charge is 0.0593 e. The van der Waals surface area contributed by atoms with Gasteiger partial charge in [-0.3, -0.25) is 9.80 Å². The van der Waals surface area contributed by atoms with E-state index in [1.165, 1.54) is 89.7 Å². The molecule has 3 saturated heterocycles. The molecule has 3 atom stereocenters. The van der Waals surface area contributed by atoms with Gasteiger partial charge in [0.25, 0.3) is 0 Å². The summed E-state index contributed by atoms with van der Waals surface area (Å²) in [4.78, 5) is 8.56. The topological polar surface area (TPSA) is 19.0 Å². The predicted molar refractivity (Wildman–Crippen MR) is 132 cm³/mol. The molecule has 4 nitrogen and oxygen atoms in total. The van der Waals surface area contributed by atoms with Crippen LogP contribution in [0.5, 0.6) is 0 Å². The minimum absolute atomic E-state index is 0.399. The molecular weight excluding hydrogens is 394 g/mol. The Hall–Kier alpha value is -0.940. The molecule has 0 amide bonds. The van der Waals surface area contributed by atoms with Crippen LogP contribution >= 0.6 is 0 Å². The molecule has 4 aliphatic rings. The van der Waals surface area contributed by atoms with Crippen LogP contribution in [0.2, 0.25) is 0 Å². The highest BCUT2D eigenvalue weighted by Gasteiger charge is 2.54. The zero-order valence-electron chi connectivity index (χ0n) is 20.4. The maximum atomic E-state index is 5.85. The van der Waals surface area contributed by atoms with Crippen LogP contribution in [0.1, 0.15) is 63.9 Å². The Balaban J connectivity index is 1.32. The average Bonchev–Trinajstić information content (AvgIpc) is 3.61. The van der Waals surface area contributed by atoms with Gasteiger partial charge in [0.2, 0.25) is 0 Å². The molecule has 3 unspecified atom stereocenters. The summed E-state index contributed by atoms with van der Waals surface area (Å²) >= 11 is 0. The van der Waals surface area contributed by atoms with Crippen LogP contribution in [-0.4, -0.2) is 78.8 Å². The fraction of sp³-hybridized carbons (Fsp3) is 0.786. The van der Waals surface area contributed by atoms with E-state index in [1.54, 1.807) is 0 Å². The fourth-order valence-electron chi connectivity index (χ4n) is 7.84. The molecule has 0 N–H and O–H groups in total. The molecule has 0 aromatic heterocycles. The number of ether oxygens (including phenoxy) is 1. The van der Waals surface area contributed by atoms with Gasteiger partial charge >= 0.3 is 0 Å². The molecule has 4 fully saturated rings. The van der Waals surface area contributed by atoms with E-state index in [0.29, 0.717) is 5.54 Å². The molecule has 0 bridgehead atoms. The summed E-state index contributed by atoms with van der Waals surface area (Å²) in [6, 6.07) is 12.0. The Morgan fingerprint density at radius 1 is 0.906 bits per heavy atom. The Kier molecular flexibility index (Phi) is 7.53. The highest BCUT2D eigenvalue weighted by molar-refractivity contribution is 5.15. The second kappa shape index (κ2) is 10.5. The molecule has 1 aliphatic carbocycles. The second-order valence-electron chi connectivity index (χ2n) is 10.9. The second-order valence-corrected chi connectivity index (χ2v) is 10.9. The zero-order chi connectivity index (χ0) is 21.8. The molecule has 4 heteroatoms. The lowest BCUT2D eigenvalue weighted by Crippen LogP contribution is -2.57. The molecule has 1 aromatic carbocycles. The van der Waals surface area contributed by atoms with Crippen molar-refractivity contribution in [2.75, 3.05) is 52.5 Å². The van der Waals surface area contributed by atoms with Gasteiger partial charge in [-0.25, -0.2) is 0 Å². The Labute approximate surface area is 196 Å². The van der Waals surface area contributed by atoms with Gasteiger partial charge in [-0.1, -0.05) is 43.2 Å². The van der Waals surface area contributed by atoms with Gasteiger partial charge in [0, 0.05) is 44.4 Å². The predicted octanol–water partition coefficient (Wildman–Crippen LogP) is 4.64. The zero-order valence-corrected chi connectivity index (χ0v) is 20.4. The van der Waals surface area contributed by atoms with Crippen LogP contribution in [0.15, 0.2) is 30.3 Å². The third-order valence-corrected chi connectivity index (χ3v) is 9.30. The van der Waals surface area contributed by atoms with Gasteiger partial charge in [0.15, 0.2) is 0 Å². The van der Waals surface area contributed by atoms with E-state index in [1.807, 2.05) is 0 Å². The van der Waals surface area contributed by atoms with Gasteiger partial charge in [-0.2, -0.15) is 0 Å². The van der Waals surface area contributed by atoms with E-state index in [9.17, 15) is 0 Å². The van der Waals surface area contributed by atoms with Crippen molar-refractivity contribution in [3.8, 4) is 0 Å². The molecule has 0 spiro atoms. The van der Waals surface area contributed by atoms with Crippen LogP contribution in [0.25, 0.3) is 0 Å². The first-order chi connectivity index (χ1) is 15.8. The third-order valence-electron chi connectivity index (χ3n) is 9.30. The first-order valence-corrected chi connectivity index (χ1v) is 13.6. The lowest BCUT2D eigenvalue weighted by molar-refractivity contribution is -0.00146. The first kappa shape index (κ1) is 22.8. The summed E-state index contributed by atoms with van der Waals surface area (Å²) in [5, 5.41) is 0. The Morgan fingerprint density at radius 3 is 2.50 bits per heavy atom. The van der Waals surface area contributed by atoms with Crippen molar-refractivity contribution in [2.45, 2.75) is 76.4 Å². The third kappa shape index (κ3) is 4.66. The molecule has 1 saturated carbocycles. The SMILES string of the molecule is CCOCCN1CCCC1(C1CCN(Cc2ccccc2)C1)C1CCN(C2CCCC2)C1. The minimum atomic E-state index is 0.399. The van der Waals surface area contributed by atoms with Crippen molar-refractivity contribution in [1.82, 2.24) is 14.7 Å². The summed E-state index contributed by atoms with van der Waals surface area (Å²) in [6.45, 7) is 12.6. The van der Waals surface area contributed by atoms with Crippen LogP contribution in [0.3, 0.4) is 0 Å². The van der Waals surface area contributed by atoms with Gasteiger partial charge < -0.3 is 9.64 Å². The van der Waals surface area contributed by atoms with Gasteiger partial charge in [-0.05, 0) is 82.5 Å². The number of hydrogen-bond acceptors (Lipinski definition) is 4. The average molecular weight is 440 g/mol. The number of benzene rings is 1. The van der Waals surface area contributed by atoms with Gasteiger partial charge in [0.1, 0.15) is 0 Å². The molecule has 32 heavy (non-hydrogen) atoms. The Bertz CT molecular complexity index is 706. The van der Waals surface area contributed by atoms with Crippen molar-refractivity contribution < 1.29 is 4.74 Å². The summed E-state index contributed by atoms with van der Waals surface area (Å²) in [6.07, 6.45) is 11.4. The monoisotopic (exact) mass is 439 g/mol. The quantitative estimate of drug-likeness (QED) is 0.522. The molecule has 5 rings (SSSR count). The summed E-state index contributed by atoms with van der Waals surface area (Å²) < 4.78 is 5.85. The highest BCUT2D eigenvalue weighted by Crippen LogP contribution is 2.49. The van der Waals surface area contributed by atoms with Crippen LogP contribution < -0.4 is 0 Å². The van der Waals surface area contributed by atoms with Crippen molar-refractivity contribution in [3.63, 3.8) is 0 Å². The molecule has 3 aliphatic heterocycles. The standard InChI is InChI=1S/C28H45N3O/c1-2-32-20-19-31-16-8-15-28(31,26-14-18-30(23-26)27-11-6-7-12-27)25-13-17-29(22-25)21-24-9-4-3-5-10-24/h3-5,9-10,25-27H,2,6-8,11-23H2,1H3. The number of rotatable bonds is 9. The van der Waals surface area contributed by atoms with Crippen molar-refractivity contribution in [1.29, 1.82) is 0 Å². The van der Waals surface area contributed by atoms with Crippen molar-refractivity contribution in [3.05, 3.63) is 35.9 Å². The lowest BCUT2D eigenvalue weighted by atomic mass is 9.70. The first-order valence-electron chi connectivity index (χ1n) is 13.6. The largest absolute Gasteiger partial charge is 0.380 e. The maximum Gasteiger partial charge on any atom is 0.0593 e. The molecule has 3 heterocycles. The van der Waals surface area contributed by atoms with Crippen LogP contribution in [0, 0.1) is 11.8 Å². The van der Waals surface area contributed by atoms with Gasteiger partial charge in [-0.15, -0.1) is 0 Å². The summed E-state index contributed by atoms with van der Waals surface area (Å²) in [5.74, 6) is 1.65. The summed E-state index contributed by atoms with van der Waals surface area (Å²) in [5.41, 5.74) is 1.87. The van der Waals surface area contributed by atoms with Crippen LogP contribution in [-0.2, 0) is 11.3 Å². The summed E-state index contributed by atoms with van der Waals surface area (Å²) in [7, 11) is 0. The van der Waals surface area contributed by atoms with E-state index in [4.69, 9.17) is 4.74 Å². The van der Waals surface area contributed by atoms with E-state index >= 15 is 0 Å². The lowest BCUT2D eigenvalue weighted by Gasteiger charge is -2.48. The van der Waals surface area contributed by atoms with Crippen LogP contribution in [0.4, 0.5) is 0 Å². The number of hydrogen-bond donors (Lipinski definition) is 0. The van der Waals surface area contributed by atoms with E-state index in [-0.39, 0.29) is 0 Å². The van der Waals surface area contributed by atoms with E-state index in [2.05, 4.69) is 52.0 Å².